The maximum atomic E-state index is 13.3. The number of sulfonamides is 1. The predicted molar refractivity (Wildman–Crippen MR) is 129 cm³/mol. The highest BCUT2D eigenvalue weighted by Crippen LogP contribution is 2.25. The van der Waals surface area contributed by atoms with E-state index in [1.165, 1.54) is 48.2 Å². The number of H-pyrrole nitrogens is 1. The zero-order chi connectivity index (χ0) is 23.3. The summed E-state index contributed by atoms with van der Waals surface area (Å²) < 4.78 is 28.0. The van der Waals surface area contributed by atoms with Crippen molar-refractivity contribution in [3.05, 3.63) is 40.2 Å². The fourth-order valence-electron chi connectivity index (χ4n) is 4.79. The van der Waals surface area contributed by atoms with Gasteiger partial charge in [0, 0.05) is 43.1 Å². The molecule has 4 rings (SSSR count). The highest BCUT2D eigenvalue weighted by atomic mass is 32.2. The molecule has 2 aliphatic heterocycles. The fourth-order valence-corrected chi connectivity index (χ4v) is 6.34. The van der Waals surface area contributed by atoms with E-state index in [2.05, 4.69) is 15.2 Å². The molecule has 0 atom stereocenters. The summed E-state index contributed by atoms with van der Waals surface area (Å²) in [5.74, 6) is -0.356. The Morgan fingerprint density at radius 2 is 1.55 bits per heavy atom. The Morgan fingerprint density at radius 1 is 0.909 bits per heavy atom. The van der Waals surface area contributed by atoms with E-state index in [0.29, 0.717) is 30.5 Å². The number of rotatable bonds is 6. The van der Waals surface area contributed by atoms with E-state index in [-0.39, 0.29) is 21.9 Å². The Kier molecular flexibility index (Phi) is 7.82. The molecule has 2 fully saturated rings. The Morgan fingerprint density at radius 3 is 2.21 bits per heavy atom. The van der Waals surface area contributed by atoms with Gasteiger partial charge in [0.1, 0.15) is 0 Å². The first-order valence-corrected chi connectivity index (χ1v) is 13.6. The minimum atomic E-state index is -3.66. The third-order valence-corrected chi connectivity index (χ3v) is 8.57. The number of likely N-dealkylation sites (tertiary alicyclic amines) is 1. The Labute approximate surface area is 195 Å². The van der Waals surface area contributed by atoms with Crippen molar-refractivity contribution in [3.8, 4) is 0 Å². The fraction of sp³-hybridized carbons (Fsp3) is 0.583. The van der Waals surface area contributed by atoms with Crippen LogP contribution in [0.2, 0.25) is 0 Å². The molecule has 1 amide bonds. The molecule has 0 bridgehead atoms. The molecule has 0 unspecified atom stereocenters. The van der Waals surface area contributed by atoms with Gasteiger partial charge in [0.2, 0.25) is 15.6 Å². The van der Waals surface area contributed by atoms with Crippen LogP contribution in [0.4, 0.5) is 0 Å². The number of benzene rings is 1. The summed E-state index contributed by atoms with van der Waals surface area (Å²) in [4.78, 5) is 30.4. The smallest absolute Gasteiger partial charge is 0.252 e. The Balaban J connectivity index is 1.55. The van der Waals surface area contributed by atoms with Crippen molar-refractivity contribution >= 4 is 26.8 Å². The molecule has 0 radical (unpaired) electrons. The molecule has 2 aromatic rings. The SMILES string of the molecule is O=C(NCCN1CCCCCC1)c1cc(=O)[nH]c2ccc(S(=O)(=O)N3CCCCCC3)cc12. The Hall–Kier alpha value is -2.23. The van der Waals surface area contributed by atoms with Crippen molar-refractivity contribution in [1.82, 2.24) is 19.5 Å². The van der Waals surface area contributed by atoms with Crippen LogP contribution >= 0.6 is 0 Å². The molecule has 9 heteroatoms. The van der Waals surface area contributed by atoms with Gasteiger partial charge in [-0.25, -0.2) is 8.42 Å². The third kappa shape index (κ3) is 5.83. The van der Waals surface area contributed by atoms with Gasteiger partial charge >= 0.3 is 0 Å². The number of hydrogen-bond donors (Lipinski definition) is 2. The van der Waals surface area contributed by atoms with Gasteiger partial charge in [-0.05, 0) is 57.0 Å². The number of carbonyl (C=O) groups is 1. The molecule has 2 saturated heterocycles. The molecule has 1 aromatic carbocycles. The molecule has 180 valence electrons. The summed E-state index contributed by atoms with van der Waals surface area (Å²) in [6.45, 7) is 4.36. The van der Waals surface area contributed by atoms with Crippen molar-refractivity contribution in [3.63, 3.8) is 0 Å². The second-order valence-electron chi connectivity index (χ2n) is 9.08. The number of pyridine rings is 1. The van der Waals surface area contributed by atoms with Crippen LogP contribution in [0.15, 0.2) is 34.0 Å². The quantitative estimate of drug-likeness (QED) is 0.670. The van der Waals surface area contributed by atoms with Crippen molar-refractivity contribution in [2.24, 2.45) is 0 Å². The number of nitrogens with zero attached hydrogens (tertiary/aromatic N) is 2. The van der Waals surface area contributed by atoms with Crippen molar-refractivity contribution in [2.45, 2.75) is 56.3 Å². The molecule has 33 heavy (non-hydrogen) atoms. The summed E-state index contributed by atoms with van der Waals surface area (Å²) >= 11 is 0. The number of carbonyl (C=O) groups excluding carboxylic acids is 1. The topological polar surface area (TPSA) is 103 Å². The molecule has 3 heterocycles. The lowest BCUT2D eigenvalue weighted by atomic mass is 10.1. The zero-order valence-electron chi connectivity index (χ0n) is 19.1. The van der Waals surface area contributed by atoms with Gasteiger partial charge in [0.05, 0.1) is 10.5 Å². The van der Waals surface area contributed by atoms with E-state index in [1.807, 2.05) is 0 Å². The maximum absolute atomic E-state index is 13.3. The van der Waals surface area contributed by atoms with Crippen molar-refractivity contribution in [2.75, 3.05) is 39.3 Å². The second-order valence-corrected chi connectivity index (χ2v) is 11.0. The van der Waals surface area contributed by atoms with E-state index in [0.717, 1.165) is 45.3 Å². The number of amides is 1. The van der Waals surface area contributed by atoms with Gasteiger partial charge in [-0.3, -0.25) is 9.59 Å². The van der Waals surface area contributed by atoms with Crippen molar-refractivity contribution < 1.29 is 13.2 Å². The first kappa shape index (κ1) is 23.9. The summed E-state index contributed by atoms with van der Waals surface area (Å²) in [5, 5.41) is 3.36. The normalized spacial score (nSPS) is 19.2. The molecule has 2 aliphatic rings. The molecule has 0 spiro atoms. The van der Waals surface area contributed by atoms with Crippen LogP contribution in [0.5, 0.6) is 0 Å². The molecule has 2 N–H and O–H groups in total. The molecular formula is C24H34N4O4S. The number of nitrogens with one attached hydrogen (secondary N) is 2. The molecule has 8 nitrogen and oxygen atoms in total. The van der Waals surface area contributed by atoms with Gasteiger partial charge in [-0.15, -0.1) is 0 Å². The molecule has 0 saturated carbocycles. The van der Waals surface area contributed by atoms with Crippen LogP contribution in [0, 0.1) is 0 Å². The van der Waals surface area contributed by atoms with Crippen LogP contribution in [-0.2, 0) is 10.0 Å². The van der Waals surface area contributed by atoms with Gasteiger partial charge < -0.3 is 15.2 Å². The number of hydrogen-bond acceptors (Lipinski definition) is 5. The summed E-state index contributed by atoms with van der Waals surface area (Å²) in [6.07, 6.45) is 8.64. The number of fused-ring (bicyclic) bond motifs is 1. The second kappa shape index (κ2) is 10.8. The van der Waals surface area contributed by atoms with Gasteiger partial charge in [0.15, 0.2) is 0 Å². The minimum absolute atomic E-state index is 0.155. The van der Waals surface area contributed by atoms with Gasteiger partial charge in [0.25, 0.3) is 5.91 Å². The van der Waals surface area contributed by atoms with E-state index in [4.69, 9.17) is 0 Å². The van der Waals surface area contributed by atoms with E-state index in [1.54, 1.807) is 6.07 Å². The number of aromatic amines is 1. The standard InChI is InChI=1S/C24H34N4O4S/c29-23-18-21(24(30)25-11-16-27-12-5-1-2-6-13-27)20-17-19(9-10-22(20)26-23)33(31,32)28-14-7-3-4-8-15-28/h9-10,17-18H,1-8,11-16H2,(H,25,30)(H,26,29). The highest BCUT2D eigenvalue weighted by molar-refractivity contribution is 7.89. The third-order valence-electron chi connectivity index (χ3n) is 6.67. The average molecular weight is 475 g/mol. The minimum Gasteiger partial charge on any atom is -0.351 e. The van der Waals surface area contributed by atoms with Crippen molar-refractivity contribution in [1.29, 1.82) is 0 Å². The zero-order valence-corrected chi connectivity index (χ0v) is 20.0. The molecule has 0 aliphatic carbocycles. The highest BCUT2D eigenvalue weighted by Gasteiger charge is 2.26. The van der Waals surface area contributed by atoms with Crippen LogP contribution in [0.25, 0.3) is 10.9 Å². The number of aromatic nitrogens is 1. The lowest BCUT2D eigenvalue weighted by Crippen LogP contribution is -2.36. The lowest BCUT2D eigenvalue weighted by Gasteiger charge is -2.20. The van der Waals surface area contributed by atoms with Crippen LogP contribution in [0.1, 0.15) is 61.7 Å². The first-order chi connectivity index (χ1) is 15.9. The van der Waals surface area contributed by atoms with Gasteiger partial charge in [-0.2, -0.15) is 4.31 Å². The summed E-state index contributed by atoms with van der Waals surface area (Å²) in [6, 6.07) is 5.87. The van der Waals surface area contributed by atoms with Gasteiger partial charge in [-0.1, -0.05) is 25.7 Å². The van der Waals surface area contributed by atoms with Crippen LogP contribution in [-0.4, -0.2) is 67.8 Å². The Bertz CT molecular complexity index is 1130. The molecular weight excluding hydrogens is 440 g/mol. The monoisotopic (exact) mass is 474 g/mol. The first-order valence-electron chi connectivity index (χ1n) is 12.1. The lowest BCUT2D eigenvalue weighted by molar-refractivity contribution is 0.0950. The summed E-state index contributed by atoms with van der Waals surface area (Å²) in [7, 11) is -3.66. The van der Waals surface area contributed by atoms with E-state index >= 15 is 0 Å². The van der Waals surface area contributed by atoms with E-state index in [9.17, 15) is 18.0 Å². The summed E-state index contributed by atoms with van der Waals surface area (Å²) in [5.41, 5.74) is 0.274. The predicted octanol–water partition coefficient (Wildman–Crippen LogP) is 2.70. The van der Waals surface area contributed by atoms with Crippen LogP contribution in [0.3, 0.4) is 0 Å². The van der Waals surface area contributed by atoms with E-state index < -0.39 is 10.0 Å². The molecule has 1 aromatic heterocycles. The largest absolute Gasteiger partial charge is 0.351 e. The van der Waals surface area contributed by atoms with Crippen LogP contribution < -0.4 is 10.9 Å². The maximum Gasteiger partial charge on any atom is 0.252 e. The average Bonchev–Trinajstić information content (AvgIpc) is 3.24.